The summed E-state index contributed by atoms with van der Waals surface area (Å²) in [6.07, 6.45) is 2.23. The third-order valence-corrected chi connectivity index (χ3v) is 3.84. The number of hydrogen-bond donors (Lipinski definition) is 1. The topological polar surface area (TPSA) is 12.0 Å². The van der Waals surface area contributed by atoms with Crippen molar-refractivity contribution in [2.45, 2.75) is 18.9 Å². The van der Waals surface area contributed by atoms with Gasteiger partial charge < -0.3 is 5.32 Å². The lowest BCUT2D eigenvalue weighted by atomic mass is 9.99. The van der Waals surface area contributed by atoms with Gasteiger partial charge in [0.25, 0.3) is 0 Å². The van der Waals surface area contributed by atoms with Crippen molar-refractivity contribution in [2.75, 3.05) is 7.05 Å². The van der Waals surface area contributed by atoms with E-state index < -0.39 is 0 Å². The van der Waals surface area contributed by atoms with Gasteiger partial charge in [-0.1, -0.05) is 42.5 Å². The molecule has 0 aliphatic carbocycles. The number of aryl methyl sites for hydroxylation is 1. The maximum Gasteiger partial charge on any atom is 0.0321 e. The van der Waals surface area contributed by atoms with E-state index in [0.29, 0.717) is 6.04 Å². The molecule has 1 nitrogen and oxygen atoms in total. The van der Waals surface area contributed by atoms with E-state index in [-0.39, 0.29) is 0 Å². The van der Waals surface area contributed by atoms with Crippen molar-refractivity contribution in [3.05, 3.63) is 69.3 Å². The number of hydrogen-bond acceptors (Lipinski definition) is 1. The summed E-state index contributed by atoms with van der Waals surface area (Å²) < 4.78 is 1.30. The molecule has 18 heavy (non-hydrogen) atoms. The van der Waals surface area contributed by atoms with Crippen LogP contribution >= 0.6 is 22.6 Å². The lowest BCUT2D eigenvalue weighted by molar-refractivity contribution is 0.549. The molecule has 0 aromatic heterocycles. The van der Waals surface area contributed by atoms with E-state index in [0.717, 1.165) is 12.8 Å². The summed E-state index contributed by atoms with van der Waals surface area (Å²) in [7, 11) is 2.04. The zero-order valence-electron chi connectivity index (χ0n) is 10.6. The van der Waals surface area contributed by atoms with Gasteiger partial charge in [-0.05, 0) is 65.7 Å². The minimum absolute atomic E-state index is 0.430. The number of nitrogens with one attached hydrogen (secondary N) is 1. The van der Waals surface area contributed by atoms with E-state index in [1.807, 2.05) is 7.05 Å². The minimum Gasteiger partial charge on any atom is -0.313 e. The highest BCUT2D eigenvalue weighted by atomic mass is 127. The largest absolute Gasteiger partial charge is 0.313 e. The second-order valence-electron chi connectivity index (χ2n) is 4.42. The van der Waals surface area contributed by atoms with E-state index >= 15 is 0 Å². The first-order chi connectivity index (χ1) is 8.79. The fourth-order valence-corrected chi connectivity index (χ4v) is 2.72. The van der Waals surface area contributed by atoms with Crippen LogP contribution < -0.4 is 5.32 Å². The molecule has 0 aliphatic rings. The van der Waals surface area contributed by atoms with Gasteiger partial charge in [0.1, 0.15) is 0 Å². The van der Waals surface area contributed by atoms with E-state index in [2.05, 4.69) is 82.5 Å². The molecule has 2 heteroatoms. The van der Waals surface area contributed by atoms with Crippen molar-refractivity contribution in [2.24, 2.45) is 0 Å². The van der Waals surface area contributed by atoms with Gasteiger partial charge in [0.05, 0.1) is 0 Å². The first-order valence-electron chi connectivity index (χ1n) is 6.26. The molecule has 0 heterocycles. The highest BCUT2D eigenvalue weighted by molar-refractivity contribution is 14.1. The van der Waals surface area contributed by atoms with Crippen LogP contribution in [-0.4, -0.2) is 7.05 Å². The monoisotopic (exact) mass is 351 g/mol. The van der Waals surface area contributed by atoms with E-state index in [4.69, 9.17) is 0 Å². The smallest absolute Gasteiger partial charge is 0.0321 e. The summed E-state index contributed by atoms with van der Waals surface area (Å²) in [4.78, 5) is 0. The second kappa shape index (κ2) is 6.90. The number of rotatable bonds is 5. The molecule has 0 saturated heterocycles. The molecule has 1 atom stereocenters. The van der Waals surface area contributed by atoms with Crippen LogP contribution in [0, 0.1) is 3.57 Å². The molecule has 0 spiro atoms. The summed E-state index contributed by atoms with van der Waals surface area (Å²) in [5.41, 5.74) is 2.78. The Balaban J connectivity index is 2.02. The number of benzene rings is 2. The molecule has 1 unspecified atom stereocenters. The Labute approximate surface area is 123 Å². The molecule has 2 aromatic rings. The average Bonchev–Trinajstić information content (AvgIpc) is 2.41. The fraction of sp³-hybridized carbons (Fsp3) is 0.250. The van der Waals surface area contributed by atoms with Gasteiger partial charge in [-0.15, -0.1) is 0 Å². The molecule has 0 amide bonds. The quantitative estimate of drug-likeness (QED) is 0.797. The van der Waals surface area contributed by atoms with Crippen LogP contribution in [0.2, 0.25) is 0 Å². The molecule has 2 rings (SSSR count). The van der Waals surface area contributed by atoms with Crippen LogP contribution in [0.4, 0.5) is 0 Å². The lowest BCUT2D eigenvalue weighted by Gasteiger charge is -2.17. The summed E-state index contributed by atoms with van der Waals surface area (Å²) in [5, 5.41) is 3.41. The van der Waals surface area contributed by atoms with E-state index in [9.17, 15) is 0 Å². The molecule has 2 aromatic carbocycles. The molecule has 0 radical (unpaired) electrons. The average molecular weight is 351 g/mol. The highest BCUT2D eigenvalue weighted by Crippen LogP contribution is 2.20. The van der Waals surface area contributed by atoms with Crippen molar-refractivity contribution in [3.8, 4) is 0 Å². The van der Waals surface area contributed by atoms with Crippen molar-refractivity contribution < 1.29 is 0 Å². The SMILES string of the molecule is CNC(CCc1ccccc1)c1cccc(I)c1. The molecular weight excluding hydrogens is 333 g/mol. The van der Waals surface area contributed by atoms with Crippen LogP contribution in [0.3, 0.4) is 0 Å². The Morgan fingerprint density at radius 3 is 2.50 bits per heavy atom. The van der Waals surface area contributed by atoms with E-state index in [1.54, 1.807) is 0 Å². The maximum absolute atomic E-state index is 3.41. The third-order valence-electron chi connectivity index (χ3n) is 3.16. The highest BCUT2D eigenvalue weighted by Gasteiger charge is 2.09. The van der Waals surface area contributed by atoms with Gasteiger partial charge in [-0.2, -0.15) is 0 Å². The minimum atomic E-state index is 0.430. The first kappa shape index (κ1) is 13.6. The first-order valence-corrected chi connectivity index (χ1v) is 7.34. The van der Waals surface area contributed by atoms with Crippen LogP contribution in [0.5, 0.6) is 0 Å². The molecule has 1 N–H and O–H groups in total. The maximum atomic E-state index is 3.41. The normalized spacial score (nSPS) is 12.3. The molecule has 94 valence electrons. The van der Waals surface area contributed by atoms with Gasteiger partial charge >= 0.3 is 0 Å². The predicted molar refractivity (Wildman–Crippen MR) is 85.7 cm³/mol. The van der Waals surface area contributed by atoms with Gasteiger partial charge in [0, 0.05) is 9.61 Å². The molecule has 0 aliphatic heterocycles. The Hall–Kier alpha value is -0.870. The standard InChI is InChI=1S/C16H18IN/c1-18-16(14-8-5-9-15(17)12-14)11-10-13-6-3-2-4-7-13/h2-9,12,16,18H,10-11H2,1H3. The second-order valence-corrected chi connectivity index (χ2v) is 5.67. The lowest BCUT2D eigenvalue weighted by Crippen LogP contribution is -2.17. The zero-order chi connectivity index (χ0) is 12.8. The van der Waals surface area contributed by atoms with Crippen LogP contribution in [-0.2, 0) is 6.42 Å². The van der Waals surface area contributed by atoms with Crippen molar-refractivity contribution in [1.82, 2.24) is 5.32 Å². The summed E-state index contributed by atoms with van der Waals surface area (Å²) in [6.45, 7) is 0. The van der Waals surface area contributed by atoms with Crippen molar-refractivity contribution in [1.29, 1.82) is 0 Å². The number of halogens is 1. The molecular formula is C16H18IN. The van der Waals surface area contributed by atoms with Crippen LogP contribution in [0.25, 0.3) is 0 Å². The van der Waals surface area contributed by atoms with Crippen LogP contribution in [0.1, 0.15) is 23.6 Å². The molecule has 0 fully saturated rings. The molecule has 0 saturated carbocycles. The Morgan fingerprint density at radius 2 is 1.83 bits per heavy atom. The van der Waals surface area contributed by atoms with Gasteiger partial charge in [0.2, 0.25) is 0 Å². The summed E-state index contributed by atoms with van der Waals surface area (Å²) in [5.74, 6) is 0. The fourth-order valence-electron chi connectivity index (χ4n) is 2.16. The van der Waals surface area contributed by atoms with Gasteiger partial charge in [-0.25, -0.2) is 0 Å². The summed E-state index contributed by atoms with van der Waals surface area (Å²) >= 11 is 2.37. The Kier molecular flexibility index (Phi) is 5.20. The Bertz CT molecular complexity index is 481. The third kappa shape index (κ3) is 3.82. The van der Waals surface area contributed by atoms with Gasteiger partial charge in [0.15, 0.2) is 0 Å². The Morgan fingerprint density at radius 1 is 1.06 bits per heavy atom. The van der Waals surface area contributed by atoms with Crippen molar-refractivity contribution in [3.63, 3.8) is 0 Å². The molecule has 0 bridgehead atoms. The summed E-state index contributed by atoms with van der Waals surface area (Å²) in [6, 6.07) is 19.8. The zero-order valence-corrected chi connectivity index (χ0v) is 12.7. The predicted octanol–water partition coefficient (Wildman–Crippen LogP) is 4.18. The van der Waals surface area contributed by atoms with Crippen LogP contribution in [0.15, 0.2) is 54.6 Å². The van der Waals surface area contributed by atoms with Crippen molar-refractivity contribution >= 4 is 22.6 Å². The van der Waals surface area contributed by atoms with Gasteiger partial charge in [-0.3, -0.25) is 0 Å². The van der Waals surface area contributed by atoms with E-state index in [1.165, 1.54) is 14.7 Å².